The van der Waals surface area contributed by atoms with Crippen LogP contribution in [0, 0.1) is 0 Å². The number of nitrogens with two attached hydrogens (primary N) is 1. The van der Waals surface area contributed by atoms with Gasteiger partial charge >= 0.3 is 6.03 Å². The van der Waals surface area contributed by atoms with Gasteiger partial charge in [-0.1, -0.05) is 40.2 Å². The number of nitrogens with zero attached hydrogens (tertiary/aromatic N) is 1. The monoisotopic (exact) mass is 458 g/mol. The van der Waals surface area contributed by atoms with E-state index in [0.29, 0.717) is 13.0 Å². The van der Waals surface area contributed by atoms with Crippen LogP contribution in [0.5, 0.6) is 0 Å². The molecule has 7 nitrogen and oxygen atoms in total. The summed E-state index contributed by atoms with van der Waals surface area (Å²) in [6.45, 7) is 1.10. The van der Waals surface area contributed by atoms with Crippen LogP contribution in [-0.2, 0) is 16.1 Å². The van der Waals surface area contributed by atoms with Crippen LogP contribution >= 0.6 is 15.9 Å². The largest absolute Gasteiger partial charge is 0.352 e. The van der Waals surface area contributed by atoms with E-state index in [4.69, 9.17) is 5.73 Å². The highest BCUT2D eigenvalue weighted by atomic mass is 79.9. The molecule has 1 aliphatic heterocycles. The maximum Gasteiger partial charge on any atom is 0.312 e. The zero-order valence-corrected chi connectivity index (χ0v) is 17.4. The van der Waals surface area contributed by atoms with E-state index in [1.165, 1.54) is 0 Å². The number of anilines is 1. The molecule has 152 valence electrons. The molecule has 0 spiro atoms. The second-order valence-electron chi connectivity index (χ2n) is 6.91. The number of hydrogen-bond donors (Lipinski definition) is 3. The quantitative estimate of drug-likeness (QED) is 0.593. The van der Waals surface area contributed by atoms with Crippen molar-refractivity contribution < 1.29 is 14.4 Å². The Morgan fingerprint density at radius 2 is 1.93 bits per heavy atom. The number of nitrogens with one attached hydrogen (secondary N) is 2. The van der Waals surface area contributed by atoms with Crippen molar-refractivity contribution in [2.75, 3.05) is 11.4 Å². The van der Waals surface area contributed by atoms with E-state index in [1.807, 2.05) is 48.5 Å². The summed E-state index contributed by atoms with van der Waals surface area (Å²) in [6.07, 6.45) is 1.55. The molecule has 29 heavy (non-hydrogen) atoms. The summed E-state index contributed by atoms with van der Waals surface area (Å²) in [7, 11) is 0. The lowest BCUT2D eigenvalue weighted by Gasteiger charge is -2.18. The standard InChI is InChI=1S/C21H23BrN4O3/c22-16-4-1-3-15(11-16)18(25-21(23)29)12-19(27)24-13-14-6-8-17(9-7-14)26-10-2-5-20(26)28/h1,3-4,6-9,11,18H,2,5,10,12-13H2,(H,24,27)(H3,23,25,29)/t18-/m1/s1. The molecule has 4 amide bonds. The van der Waals surface area contributed by atoms with Crippen molar-refractivity contribution in [3.05, 3.63) is 64.1 Å². The summed E-state index contributed by atoms with van der Waals surface area (Å²) in [5.74, 6) is -0.0610. The molecule has 0 unspecified atom stereocenters. The normalized spacial score (nSPS) is 14.5. The number of hydrogen-bond acceptors (Lipinski definition) is 3. The molecular weight excluding hydrogens is 436 g/mol. The summed E-state index contributed by atoms with van der Waals surface area (Å²) >= 11 is 3.39. The Kier molecular flexibility index (Phi) is 6.87. The van der Waals surface area contributed by atoms with Crippen molar-refractivity contribution >= 4 is 39.5 Å². The first kappa shape index (κ1) is 20.9. The van der Waals surface area contributed by atoms with Gasteiger partial charge in [-0.2, -0.15) is 0 Å². The fraction of sp³-hybridized carbons (Fsp3) is 0.286. The molecule has 1 saturated heterocycles. The molecule has 4 N–H and O–H groups in total. The van der Waals surface area contributed by atoms with Gasteiger partial charge < -0.3 is 21.3 Å². The molecular formula is C21H23BrN4O3. The van der Waals surface area contributed by atoms with Crippen LogP contribution in [0.4, 0.5) is 10.5 Å². The van der Waals surface area contributed by atoms with Gasteiger partial charge in [-0.15, -0.1) is 0 Å². The lowest BCUT2D eigenvalue weighted by atomic mass is 10.0. The SMILES string of the molecule is NC(=O)N[C@H](CC(=O)NCc1ccc(N2CCCC2=O)cc1)c1cccc(Br)c1. The fourth-order valence-electron chi connectivity index (χ4n) is 3.32. The van der Waals surface area contributed by atoms with Gasteiger partial charge in [-0.25, -0.2) is 4.79 Å². The Hall–Kier alpha value is -2.87. The van der Waals surface area contributed by atoms with Crippen molar-refractivity contribution in [2.24, 2.45) is 5.73 Å². The molecule has 3 rings (SSSR count). The van der Waals surface area contributed by atoms with E-state index in [-0.39, 0.29) is 18.2 Å². The Morgan fingerprint density at radius 3 is 2.55 bits per heavy atom. The predicted octanol–water partition coefficient (Wildman–Crippen LogP) is 2.99. The maximum absolute atomic E-state index is 12.4. The summed E-state index contributed by atoms with van der Waals surface area (Å²) < 4.78 is 0.850. The molecule has 2 aromatic carbocycles. The third kappa shape index (κ3) is 5.80. The average molecular weight is 459 g/mol. The maximum atomic E-state index is 12.4. The van der Waals surface area contributed by atoms with Crippen molar-refractivity contribution in [3.8, 4) is 0 Å². The Morgan fingerprint density at radius 1 is 1.17 bits per heavy atom. The molecule has 1 aliphatic rings. The van der Waals surface area contributed by atoms with E-state index in [2.05, 4.69) is 26.6 Å². The second-order valence-corrected chi connectivity index (χ2v) is 7.83. The molecule has 1 fully saturated rings. The minimum absolute atomic E-state index is 0.0692. The smallest absolute Gasteiger partial charge is 0.312 e. The molecule has 0 saturated carbocycles. The third-order valence-corrected chi connectivity index (χ3v) is 5.26. The fourth-order valence-corrected chi connectivity index (χ4v) is 3.74. The molecule has 8 heteroatoms. The van der Waals surface area contributed by atoms with E-state index >= 15 is 0 Å². The number of halogens is 1. The van der Waals surface area contributed by atoms with Gasteiger partial charge in [-0.3, -0.25) is 9.59 Å². The van der Waals surface area contributed by atoms with Gasteiger partial charge in [0.15, 0.2) is 0 Å². The van der Waals surface area contributed by atoms with Crippen LogP contribution in [0.2, 0.25) is 0 Å². The number of rotatable bonds is 7. The summed E-state index contributed by atoms with van der Waals surface area (Å²) in [6, 6.07) is 13.7. The molecule has 1 heterocycles. The summed E-state index contributed by atoms with van der Waals surface area (Å²) in [4.78, 5) is 37.3. The minimum atomic E-state index is -0.685. The first-order chi connectivity index (χ1) is 13.9. The lowest BCUT2D eigenvalue weighted by molar-refractivity contribution is -0.121. The Labute approximate surface area is 177 Å². The molecule has 2 aromatic rings. The van der Waals surface area contributed by atoms with E-state index in [9.17, 15) is 14.4 Å². The van der Waals surface area contributed by atoms with Crippen molar-refractivity contribution in [1.82, 2.24) is 10.6 Å². The number of carbonyl (C=O) groups is 3. The molecule has 1 atom stereocenters. The average Bonchev–Trinajstić information content (AvgIpc) is 3.12. The molecule has 0 radical (unpaired) electrons. The van der Waals surface area contributed by atoms with Gasteiger partial charge in [0.1, 0.15) is 0 Å². The number of primary amides is 1. The van der Waals surface area contributed by atoms with Gasteiger partial charge in [0.25, 0.3) is 0 Å². The molecule has 0 aliphatic carbocycles. The van der Waals surface area contributed by atoms with Crippen molar-refractivity contribution in [3.63, 3.8) is 0 Å². The number of amides is 4. The highest BCUT2D eigenvalue weighted by Crippen LogP contribution is 2.22. The van der Waals surface area contributed by atoms with Crippen molar-refractivity contribution in [2.45, 2.75) is 31.8 Å². The summed E-state index contributed by atoms with van der Waals surface area (Å²) in [5.41, 5.74) is 7.85. The first-order valence-corrected chi connectivity index (χ1v) is 10.2. The van der Waals surface area contributed by atoms with Crippen LogP contribution in [0.1, 0.15) is 36.4 Å². The lowest BCUT2D eigenvalue weighted by Crippen LogP contribution is -2.36. The summed E-state index contributed by atoms with van der Waals surface area (Å²) in [5, 5.41) is 5.48. The van der Waals surface area contributed by atoms with E-state index in [1.54, 1.807) is 4.90 Å². The highest BCUT2D eigenvalue weighted by Gasteiger charge is 2.21. The number of benzene rings is 2. The van der Waals surface area contributed by atoms with Gasteiger partial charge in [0.05, 0.1) is 12.5 Å². The van der Waals surface area contributed by atoms with Crippen LogP contribution < -0.4 is 21.3 Å². The minimum Gasteiger partial charge on any atom is -0.352 e. The van der Waals surface area contributed by atoms with Crippen molar-refractivity contribution in [1.29, 1.82) is 0 Å². The first-order valence-electron chi connectivity index (χ1n) is 9.40. The molecule has 0 bridgehead atoms. The van der Waals surface area contributed by atoms with Gasteiger partial charge in [0.2, 0.25) is 11.8 Å². The van der Waals surface area contributed by atoms with Crippen LogP contribution in [0.15, 0.2) is 53.0 Å². The third-order valence-electron chi connectivity index (χ3n) is 4.77. The number of carbonyl (C=O) groups excluding carboxylic acids is 3. The van der Waals surface area contributed by atoms with Crippen LogP contribution in [0.3, 0.4) is 0 Å². The van der Waals surface area contributed by atoms with Crippen LogP contribution in [0.25, 0.3) is 0 Å². The van der Waals surface area contributed by atoms with Gasteiger partial charge in [0, 0.05) is 29.7 Å². The Bertz CT molecular complexity index is 901. The Balaban J connectivity index is 1.57. The van der Waals surface area contributed by atoms with E-state index < -0.39 is 12.1 Å². The van der Waals surface area contributed by atoms with E-state index in [0.717, 1.165) is 34.3 Å². The number of urea groups is 1. The van der Waals surface area contributed by atoms with Crippen LogP contribution in [-0.4, -0.2) is 24.4 Å². The van der Waals surface area contributed by atoms with Gasteiger partial charge in [-0.05, 0) is 41.8 Å². The zero-order chi connectivity index (χ0) is 20.8. The molecule has 0 aromatic heterocycles. The second kappa shape index (κ2) is 9.56. The highest BCUT2D eigenvalue weighted by molar-refractivity contribution is 9.10. The zero-order valence-electron chi connectivity index (χ0n) is 15.9. The predicted molar refractivity (Wildman–Crippen MR) is 114 cm³/mol. The topological polar surface area (TPSA) is 105 Å².